The molecule has 0 atom stereocenters. The lowest BCUT2D eigenvalue weighted by molar-refractivity contribution is -0.137. The Balaban J connectivity index is 1.31. The van der Waals surface area contributed by atoms with E-state index < -0.39 is 0 Å². The number of rotatable bonds is 4. The van der Waals surface area contributed by atoms with Crippen LogP contribution in [0.3, 0.4) is 0 Å². The average molecular weight is 477 g/mol. The van der Waals surface area contributed by atoms with Crippen molar-refractivity contribution < 1.29 is 14.3 Å². The minimum absolute atomic E-state index is 0.0645. The van der Waals surface area contributed by atoms with Crippen LogP contribution in [0, 0.1) is 5.92 Å². The van der Waals surface area contributed by atoms with Gasteiger partial charge in [0.2, 0.25) is 5.91 Å². The predicted molar refractivity (Wildman–Crippen MR) is 125 cm³/mol. The van der Waals surface area contributed by atoms with Gasteiger partial charge in [0.05, 0.1) is 17.7 Å². The van der Waals surface area contributed by atoms with E-state index in [0.717, 1.165) is 5.82 Å². The minimum atomic E-state index is -0.115. The lowest BCUT2D eigenvalue weighted by atomic mass is 9.94. The third-order valence-corrected chi connectivity index (χ3v) is 6.68. The molecule has 32 heavy (non-hydrogen) atoms. The van der Waals surface area contributed by atoms with E-state index in [4.69, 9.17) is 27.9 Å². The topological polar surface area (TPSA) is 66.0 Å². The number of amides is 2. The highest BCUT2D eigenvalue weighted by Crippen LogP contribution is 2.28. The molecule has 0 spiro atoms. The number of halogens is 2. The maximum atomic E-state index is 13.1. The number of methoxy groups -OCH3 is 1. The van der Waals surface area contributed by atoms with Crippen LogP contribution in [0.5, 0.6) is 5.75 Å². The van der Waals surface area contributed by atoms with Gasteiger partial charge in [-0.1, -0.05) is 23.2 Å². The number of hydrogen-bond acceptors (Lipinski definition) is 5. The summed E-state index contributed by atoms with van der Waals surface area (Å²) in [7, 11) is 1.53. The van der Waals surface area contributed by atoms with Gasteiger partial charge in [0, 0.05) is 56.4 Å². The van der Waals surface area contributed by atoms with Crippen molar-refractivity contribution in [2.45, 2.75) is 12.8 Å². The predicted octanol–water partition coefficient (Wildman–Crippen LogP) is 3.60. The minimum Gasteiger partial charge on any atom is -0.496 e. The van der Waals surface area contributed by atoms with Crippen molar-refractivity contribution in [1.82, 2.24) is 14.8 Å². The molecule has 0 bridgehead atoms. The molecular weight excluding hydrogens is 451 g/mol. The number of pyridine rings is 1. The van der Waals surface area contributed by atoms with Gasteiger partial charge in [-0.3, -0.25) is 9.59 Å². The summed E-state index contributed by atoms with van der Waals surface area (Å²) in [5, 5.41) is 1.12. The van der Waals surface area contributed by atoms with E-state index in [1.807, 2.05) is 17.0 Å². The van der Waals surface area contributed by atoms with Gasteiger partial charge < -0.3 is 19.4 Å². The number of anilines is 1. The lowest BCUT2D eigenvalue weighted by Gasteiger charge is -2.39. The largest absolute Gasteiger partial charge is 0.496 e. The first-order valence-electron chi connectivity index (χ1n) is 10.7. The molecule has 4 rings (SSSR count). The Morgan fingerprint density at radius 2 is 1.72 bits per heavy atom. The van der Waals surface area contributed by atoms with Gasteiger partial charge >= 0.3 is 0 Å². The number of likely N-dealkylation sites (tertiary alicyclic amines) is 1. The fourth-order valence-electron chi connectivity index (χ4n) is 4.35. The summed E-state index contributed by atoms with van der Waals surface area (Å²) in [4.78, 5) is 36.2. The van der Waals surface area contributed by atoms with Crippen LogP contribution in [-0.4, -0.2) is 73.0 Å². The third kappa shape index (κ3) is 4.79. The molecular formula is C23H26Cl2N4O3. The van der Waals surface area contributed by atoms with Crippen molar-refractivity contribution in [3.05, 3.63) is 52.1 Å². The van der Waals surface area contributed by atoms with Gasteiger partial charge in [-0.15, -0.1) is 0 Å². The van der Waals surface area contributed by atoms with E-state index in [1.165, 1.54) is 7.11 Å². The first-order valence-corrected chi connectivity index (χ1v) is 11.5. The van der Waals surface area contributed by atoms with Crippen LogP contribution in [0.2, 0.25) is 10.0 Å². The summed E-state index contributed by atoms with van der Waals surface area (Å²) < 4.78 is 5.32. The smallest absolute Gasteiger partial charge is 0.257 e. The second kappa shape index (κ2) is 9.96. The fourth-order valence-corrected chi connectivity index (χ4v) is 4.77. The van der Waals surface area contributed by atoms with E-state index in [9.17, 15) is 9.59 Å². The van der Waals surface area contributed by atoms with Crippen LogP contribution >= 0.6 is 23.2 Å². The maximum absolute atomic E-state index is 13.1. The number of carbonyl (C=O) groups excluding carboxylic acids is 2. The van der Waals surface area contributed by atoms with E-state index in [1.54, 1.807) is 29.3 Å². The summed E-state index contributed by atoms with van der Waals surface area (Å²) in [6.45, 7) is 3.76. The molecule has 2 fully saturated rings. The summed E-state index contributed by atoms with van der Waals surface area (Å²) in [6, 6.07) is 8.67. The molecule has 7 nitrogen and oxygen atoms in total. The zero-order chi connectivity index (χ0) is 22.7. The van der Waals surface area contributed by atoms with Gasteiger partial charge in [-0.25, -0.2) is 4.98 Å². The number of benzene rings is 1. The lowest BCUT2D eigenvalue weighted by Crippen LogP contribution is -2.52. The average Bonchev–Trinajstić information content (AvgIpc) is 2.83. The molecule has 2 aromatic rings. The monoisotopic (exact) mass is 476 g/mol. The Morgan fingerprint density at radius 3 is 2.38 bits per heavy atom. The number of piperidine rings is 1. The number of hydrogen-bond donors (Lipinski definition) is 0. The Hall–Kier alpha value is -2.51. The van der Waals surface area contributed by atoms with Gasteiger partial charge in [0.1, 0.15) is 11.6 Å². The highest BCUT2D eigenvalue weighted by Gasteiger charge is 2.33. The molecule has 2 saturated heterocycles. The number of carbonyl (C=O) groups is 2. The van der Waals surface area contributed by atoms with E-state index in [2.05, 4.69) is 9.88 Å². The van der Waals surface area contributed by atoms with Crippen molar-refractivity contribution in [3.63, 3.8) is 0 Å². The second-order valence-electron chi connectivity index (χ2n) is 8.03. The molecule has 1 aromatic carbocycles. The van der Waals surface area contributed by atoms with E-state index >= 15 is 0 Å². The molecule has 1 aromatic heterocycles. The first-order chi connectivity index (χ1) is 15.5. The summed E-state index contributed by atoms with van der Waals surface area (Å²) in [5.74, 6) is 1.26. The second-order valence-corrected chi connectivity index (χ2v) is 8.88. The first kappa shape index (κ1) is 22.7. The van der Waals surface area contributed by atoms with Crippen LogP contribution in [0.25, 0.3) is 0 Å². The van der Waals surface area contributed by atoms with Crippen molar-refractivity contribution in [2.75, 3.05) is 51.3 Å². The molecule has 2 amide bonds. The van der Waals surface area contributed by atoms with E-state index in [0.29, 0.717) is 73.5 Å². The number of aromatic nitrogens is 1. The molecule has 0 N–H and O–H groups in total. The van der Waals surface area contributed by atoms with Crippen LogP contribution in [0.15, 0.2) is 36.5 Å². The molecule has 0 radical (unpaired) electrons. The Morgan fingerprint density at radius 1 is 1.00 bits per heavy atom. The quantitative estimate of drug-likeness (QED) is 0.674. The molecule has 2 aliphatic rings. The summed E-state index contributed by atoms with van der Waals surface area (Å²) in [5.41, 5.74) is 0.453. The standard InChI is InChI=1S/C23H26Cl2N4O3/c1-32-20-5-4-17(24)15-18(20)23(31)28-9-6-16(7-10-28)22(30)29-13-11-27(12-14-29)21-19(25)3-2-8-26-21/h2-5,8,15-16H,6-7,9-14H2,1H3. The molecule has 3 heterocycles. The van der Waals surface area contributed by atoms with Crippen LogP contribution < -0.4 is 9.64 Å². The zero-order valence-corrected chi connectivity index (χ0v) is 19.5. The highest BCUT2D eigenvalue weighted by molar-refractivity contribution is 6.33. The Kier molecular flexibility index (Phi) is 7.06. The van der Waals surface area contributed by atoms with Crippen LogP contribution in [0.1, 0.15) is 23.2 Å². The Labute approximate surface area is 197 Å². The van der Waals surface area contributed by atoms with Gasteiger partial charge in [-0.05, 0) is 43.2 Å². The molecule has 0 unspecified atom stereocenters. The molecule has 0 saturated carbocycles. The molecule has 170 valence electrons. The number of ether oxygens (including phenoxy) is 1. The molecule has 0 aliphatic carbocycles. The van der Waals surface area contributed by atoms with Gasteiger partial charge in [-0.2, -0.15) is 0 Å². The fraction of sp³-hybridized carbons (Fsp3) is 0.435. The SMILES string of the molecule is COc1ccc(Cl)cc1C(=O)N1CCC(C(=O)N2CCN(c3ncccc3Cl)CC2)CC1. The van der Waals surface area contributed by atoms with Crippen LogP contribution in [-0.2, 0) is 4.79 Å². The highest BCUT2D eigenvalue weighted by atomic mass is 35.5. The normalized spacial score (nSPS) is 17.4. The number of nitrogens with zero attached hydrogens (tertiary/aromatic N) is 4. The van der Waals surface area contributed by atoms with Crippen molar-refractivity contribution in [3.8, 4) is 5.75 Å². The Bertz CT molecular complexity index is 987. The van der Waals surface area contributed by atoms with Crippen molar-refractivity contribution >= 4 is 40.8 Å². The van der Waals surface area contributed by atoms with Crippen molar-refractivity contribution in [2.24, 2.45) is 5.92 Å². The van der Waals surface area contributed by atoms with Crippen LogP contribution in [0.4, 0.5) is 5.82 Å². The van der Waals surface area contributed by atoms with Gasteiger partial charge in [0.25, 0.3) is 5.91 Å². The zero-order valence-electron chi connectivity index (χ0n) is 18.0. The third-order valence-electron chi connectivity index (χ3n) is 6.15. The van der Waals surface area contributed by atoms with E-state index in [-0.39, 0.29) is 17.7 Å². The summed E-state index contributed by atoms with van der Waals surface area (Å²) in [6.07, 6.45) is 3.03. The molecule has 2 aliphatic heterocycles. The maximum Gasteiger partial charge on any atom is 0.257 e. The summed E-state index contributed by atoms with van der Waals surface area (Å²) >= 11 is 12.3. The number of piperazine rings is 1. The van der Waals surface area contributed by atoms with Gasteiger partial charge in [0.15, 0.2) is 0 Å². The molecule has 9 heteroatoms. The van der Waals surface area contributed by atoms with Crippen molar-refractivity contribution in [1.29, 1.82) is 0 Å².